The Bertz CT molecular complexity index is 2770. The highest BCUT2D eigenvalue weighted by Crippen LogP contribution is 2.45. The van der Waals surface area contributed by atoms with Gasteiger partial charge in [-0.1, -0.05) is 146 Å². The van der Waals surface area contributed by atoms with Crippen molar-refractivity contribution in [1.82, 2.24) is 4.98 Å². The van der Waals surface area contributed by atoms with E-state index in [-0.39, 0.29) is 0 Å². The molecule has 2 nitrogen and oxygen atoms in total. The van der Waals surface area contributed by atoms with Gasteiger partial charge in [0.15, 0.2) is 0 Å². The molecule has 2 aromatic heterocycles. The molecule has 0 aliphatic carbocycles. The van der Waals surface area contributed by atoms with Crippen molar-refractivity contribution in [1.29, 1.82) is 0 Å². The molecule has 10 aromatic rings. The lowest BCUT2D eigenvalue weighted by Gasteiger charge is -2.18. The molecule has 218 valence electrons. The summed E-state index contributed by atoms with van der Waals surface area (Å²) in [4.78, 5) is 5.24. The highest BCUT2D eigenvalue weighted by Gasteiger charge is 2.19. The van der Waals surface area contributed by atoms with Crippen LogP contribution >= 0.6 is 0 Å². The second-order valence-electron chi connectivity index (χ2n) is 12.2. The Kier molecular flexibility index (Phi) is 5.61. The first-order valence-corrected chi connectivity index (χ1v) is 16.1. The average molecular weight is 598 g/mol. The Morgan fingerprint density at radius 1 is 0.340 bits per heavy atom. The van der Waals surface area contributed by atoms with Crippen LogP contribution in [0.3, 0.4) is 0 Å². The molecule has 47 heavy (non-hydrogen) atoms. The van der Waals surface area contributed by atoms with Gasteiger partial charge in [-0.05, 0) is 62.0 Å². The van der Waals surface area contributed by atoms with Gasteiger partial charge >= 0.3 is 0 Å². The van der Waals surface area contributed by atoms with Gasteiger partial charge in [-0.15, -0.1) is 0 Å². The van der Waals surface area contributed by atoms with Crippen molar-refractivity contribution in [2.24, 2.45) is 0 Å². The minimum Gasteiger partial charge on any atom is -0.455 e. The Morgan fingerprint density at radius 3 is 1.49 bits per heavy atom. The van der Waals surface area contributed by atoms with E-state index in [4.69, 9.17) is 9.40 Å². The van der Waals surface area contributed by atoms with Gasteiger partial charge in [-0.25, -0.2) is 4.98 Å². The highest BCUT2D eigenvalue weighted by atomic mass is 16.3. The summed E-state index contributed by atoms with van der Waals surface area (Å²) >= 11 is 0. The largest absolute Gasteiger partial charge is 0.455 e. The molecule has 2 heteroatoms. The monoisotopic (exact) mass is 597 g/mol. The van der Waals surface area contributed by atoms with Crippen LogP contribution in [0.4, 0.5) is 0 Å². The summed E-state index contributed by atoms with van der Waals surface area (Å²) in [6, 6.07) is 58.4. The molecule has 0 bridgehead atoms. The third kappa shape index (κ3) is 3.89. The normalized spacial score (nSPS) is 11.8. The van der Waals surface area contributed by atoms with Crippen molar-refractivity contribution in [3.8, 4) is 33.5 Å². The van der Waals surface area contributed by atoms with Crippen LogP contribution in [0.2, 0.25) is 0 Å². The van der Waals surface area contributed by atoms with E-state index < -0.39 is 0 Å². The predicted molar refractivity (Wildman–Crippen MR) is 198 cm³/mol. The number of furan rings is 1. The zero-order valence-electron chi connectivity index (χ0n) is 25.4. The number of hydrogen-bond acceptors (Lipinski definition) is 2. The highest BCUT2D eigenvalue weighted by molar-refractivity contribution is 6.25. The molecule has 10 rings (SSSR count). The summed E-state index contributed by atoms with van der Waals surface area (Å²) in [5.41, 5.74) is 9.76. The molecule has 0 spiro atoms. The number of nitrogens with zero attached hydrogens (tertiary/aromatic N) is 1. The van der Waals surface area contributed by atoms with Crippen LogP contribution in [0.1, 0.15) is 0 Å². The van der Waals surface area contributed by atoms with Crippen LogP contribution in [0.5, 0.6) is 0 Å². The standard InChI is InChI=1S/C45H27NO/c1-2-12-28(13-3-1)41-32-15-4-6-17-34(32)42(35-18-7-5-16-33(35)41)29-22-24-30(25-23-29)44-38-27-26-36-31-14-9-11-21-40(31)47-45(36)43(38)37-19-8-10-20-39(37)46-44/h1-27H. The first-order chi connectivity index (χ1) is 23.3. The first kappa shape index (κ1) is 26.0. The number of rotatable bonds is 3. The van der Waals surface area contributed by atoms with Crippen molar-refractivity contribution >= 4 is 65.2 Å². The number of hydrogen-bond donors (Lipinski definition) is 0. The molecule has 8 aromatic carbocycles. The summed E-state index contributed by atoms with van der Waals surface area (Å²) in [6.45, 7) is 0. The Balaban J connectivity index is 1.21. The fourth-order valence-corrected chi connectivity index (χ4v) is 7.59. The van der Waals surface area contributed by atoms with Crippen molar-refractivity contribution in [3.05, 3.63) is 164 Å². The fourth-order valence-electron chi connectivity index (χ4n) is 7.59. The van der Waals surface area contributed by atoms with Crippen molar-refractivity contribution in [2.45, 2.75) is 0 Å². The van der Waals surface area contributed by atoms with Crippen molar-refractivity contribution in [2.75, 3.05) is 0 Å². The van der Waals surface area contributed by atoms with E-state index in [9.17, 15) is 0 Å². The van der Waals surface area contributed by atoms with E-state index in [0.29, 0.717) is 0 Å². The summed E-state index contributed by atoms with van der Waals surface area (Å²) < 4.78 is 6.54. The topological polar surface area (TPSA) is 26.0 Å². The summed E-state index contributed by atoms with van der Waals surface area (Å²) in [6.07, 6.45) is 0. The van der Waals surface area contributed by atoms with Crippen molar-refractivity contribution in [3.63, 3.8) is 0 Å². The smallest absolute Gasteiger partial charge is 0.144 e. The quantitative estimate of drug-likeness (QED) is 0.150. The minimum absolute atomic E-state index is 0.902. The fraction of sp³-hybridized carbons (Fsp3) is 0. The van der Waals surface area contributed by atoms with Crippen LogP contribution in [-0.2, 0) is 0 Å². The minimum atomic E-state index is 0.902. The van der Waals surface area contributed by atoms with Crippen molar-refractivity contribution < 1.29 is 4.42 Å². The zero-order chi connectivity index (χ0) is 30.9. The molecule has 0 saturated heterocycles. The van der Waals surface area contributed by atoms with E-state index >= 15 is 0 Å². The second-order valence-corrected chi connectivity index (χ2v) is 12.2. The molecule has 0 atom stereocenters. The summed E-state index contributed by atoms with van der Waals surface area (Å²) in [5, 5.41) is 10.6. The van der Waals surface area contributed by atoms with E-state index in [2.05, 4.69) is 152 Å². The van der Waals surface area contributed by atoms with E-state index in [1.807, 2.05) is 12.1 Å². The Hall–Kier alpha value is -6.25. The Labute approximate surface area is 271 Å². The van der Waals surface area contributed by atoms with Gasteiger partial charge in [0.1, 0.15) is 11.2 Å². The van der Waals surface area contributed by atoms with E-state index in [1.165, 1.54) is 43.8 Å². The molecular formula is C45H27NO. The number of para-hydroxylation sites is 2. The summed E-state index contributed by atoms with van der Waals surface area (Å²) in [5.74, 6) is 0. The van der Waals surface area contributed by atoms with Crippen LogP contribution in [0.15, 0.2) is 168 Å². The number of fused-ring (bicyclic) bond motifs is 9. The lowest BCUT2D eigenvalue weighted by atomic mass is 9.86. The maximum absolute atomic E-state index is 6.54. The van der Waals surface area contributed by atoms with Gasteiger partial charge in [-0.3, -0.25) is 0 Å². The molecule has 2 heterocycles. The molecule has 0 N–H and O–H groups in total. The van der Waals surface area contributed by atoms with Gasteiger partial charge in [0.25, 0.3) is 0 Å². The molecular weight excluding hydrogens is 571 g/mol. The van der Waals surface area contributed by atoms with E-state index in [0.717, 1.165) is 54.9 Å². The first-order valence-electron chi connectivity index (χ1n) is 16.1. The van der Waals surface area contributed by atoms with Gasteiger partial charge in [0, 0.05) is 32.5 Å². The molecule has 0 saturated carbocycles. The lowest BCUT2D eigenvalue weighted by molar-refractivity contribution is 0.673. The van der Waals surface area contributed by atoms with Crippen LogP contribution < -0.4 is 0 Å². The third-order valence-corrected chi connectivity index (χ3v) is 9.65. The predicted octanol–water partition coefficient (Wildman–Crippen LogP) is 12.6. The van der Waals surface area contributed by atoms with Gasteiger partial charge < -0.3 is 4.42 Å². The zero-order valence-corrected chi connectivity index (χ0v) is 25.4. The van der Waals surface area contributed by atoms with Gasteiger partial charge in [-0.2, -0.15) is 0 Å². The van der Waals surface area contributed by atoms with E-state index in [1.54, 1.807) is 0 Å². The summed E-state index contributed by atoms with van der Waals surface area (Å²) in [7, 11) is 0. The molecule has 0 fully saturated rings. The number of pyridine rings is 1. The van der Waals surface area contributed by atoms with Gasteiger partial charge in [0.05, 0.1) is 11.2 Å². The van der Waals surface area contributed by atoms with Crippen LogP contribution in [0.25, 0.3) is 98.7 Å². The molecule has 0 aliphatic heterocycles. The third-order valence-electron chi connectivity index (χ3n) is 9.65. The molecule has 0 radical (unpaired) electrons. The molecule has 0 unspecified atom stereocenters. The van der Waals surface area contributed by atoms with Gasteiger partial charge in [0.2, 0.25) is 0 Å². The van der Waals surface area contributed by atoms with Crippen LogP contribution in [0, 0.1) is 0 Å². The second kappa shape index (κ2) is 10.1. The number of aromatic nitrogens is 1. The average Bonchev–Trinajstić information content (AvgIpc) is 3.53. The lowest BCUT2D eigenvalue weighted by Crippen LogP contribution is -1.92. The van der Waals surface area contributed by atoms with Crippen LogP contribution in [-0.4, -0.2) is 4.98 Å². The Morgan fingerprint density at radius 2 is 0.830 bits per heavy atom. The maximum atomic E-state index is 6.54. The maximum Gasteiger partial charge on any atom is 0.144 e. The SMILES string of the molecule is c1ccc(-c2c3ccccc3c(-c3ccc(-c4nc5ccccc5c5c4ccc4c6ccccc6oc45)cc3)c3ccccc23)cc1. The molecule has 0 amide bonds. The molecule has 0 aliphatic rings. The number of benzene rings is 8.